The summed E-state index contributed by atoms with van der Waals surface area (Å²) in [6.07, 6.45) is 0. The van der Waals surface area contributed by atoms with E-state index in [2.05, 4.69) is 0 Å². The lowest BCUT2D eigenvalue weighted by Crippen LogP contribution is -2.67. The summed E-state index contributed by atoms with van der Waals surface area (Å²) in [5.41, 5.74) is 6.26. The molecular formula is C10H11FN2O. The second kappa shape index (κ2) is 3.06. The van der Waals surface area contributed by atoms with Crippen LogP contribution in [0.3, 0.4) is 0 Å². The van der Waals surface area contributed by atoms with Crippen molar-refractivity contribution in [3.05, 3.63) is 30.1 Å². The Hall–Kier alpha value is -1.42. The molecule has 2 atom stereocenters. The molecule has 2 N–H and O–H groups in total. The van der Waals surface area contributed by atoms with Crippen LogP contribution in [0.25, 0.3) is 0 Å². The van der Waals surface area contributed by atoms with Crippen LogP contribution in [-0.4, -0.2) is 18.0 Å². The lowest BCUT2D eigenvalue weighted by atomic mass is 9.97. The fourth-order valence-corrected chi connectivity index (χ4v) is 1.61. The average Bonchev–Trinajstić information content (AvgIpc) is 2.21. The van der Waals surface area contributed by atoms with Crippen molar-refractivity contribution < 1.29 is 9.18 Å². The van der Waals surface area contributed by atoms with Gasteiger partial charge in [0, 0.05) is 5.69 Å². The predicted molar refractivity (Wildman–Crippen MR) is 51.3 cm³/mol. The summed E-state index contributed by atoms with van der Waals surface area (Å²) in [5.74, 6) is -0.414. The number of anilines is 1. The van der Waals surface area contributed by atoms with Crippen LogP contribution in [0.5, 0.6) is 0 Å². The minimum Gasteiger partial charge on any atom is -0.318 e. The average molecular weight is 194 g/mol. The lowest BCUT2D eigenvalue weighted by Gasteiger charge is -2.43. The lowest BCUT2D eigenvalue weighted by molar-refractivity contribution is -0.125. The number of benzene rings is 1. The Morgan fingerprint density at radius 3 is 2.43 bits per heavy atom. The molecule has 1 fully saturated rings. The van der Waals surface area contributed by atoms with Crippen molar-refractivity contribution in [1.29, 1.82) is 0 Å². The predicted octanol–water partition coefficient (Wildman–Crippen LogP) is 0.888. The Kier molecular flexibility index (Phi) is 2.00. The first-order valence-corrected chi connectivity index (χ1v) is 4.45. The van der Waals surface area contributed by atoms with Crippen molar-refractivity contribution in [3.8, 4) is 0 Å². The number of hydrogen-bond acceptors (Lipinski definition) is 2. The van der Waals surface area contributed by atoms with Crippen molar-refractivity contribution in [1.82, 2.24) is 0 Å². The van der Waals surface area contributed by atoms with E-state index in [9.17, 15) is 9.18 Å². The number of carbonyl (C=O) groups excluding carboxylic acids is 1. The minimum atomic E-state index is -0.417. The van der Waals surface area contributed by atoms with Crippen LogP contribution in [0.4, 0.5) is 10.1 Å². The van der Waals surface area contributed by atoms with Gasteiger partial charge < -0.3 is 10.6 Å². The first kappa shape index (κ1) is 9.15. The van der Waals surface area contributed by atoms with Crippen molar-refractivity contribution in [3.63, 3.8) is 0 Å². The van der Waals surface area contributed by atoms with Gasteiger partial charge in [-0.2, -0.15) is 0 Å². The summed E-state index contributed by atoms with van der Waals surface area (Å²) in [5, 5.41) is 0. The minimum absolute atomic E-state index is 0.00652. The highest BCUT2D eigenvalue weighted by molar-refractivity contribution is 6.05. The Morgan fingerprint density at radius 2 is 1.93 bits per heavy atom. The number of β-lactam (4-membered cyclic amide) rings is 1. The highest BCUT2D eigenvalue weighted by Gasteiger charge is 2.42. The monoisotopic (exact) mass is 194 g/mol. The van der Waals surface area contributed by atoms with E-state index in [-0.39, 0.29) is 17.8 Å². The maximum Gasteiger partial charge on any atom is 0.246 e. The van der Waals surface area contributed by atoms with Gasteiger partial charge in [-0.15, -0.1) is 0 Å². The molecule has 2 rings (SSSR count). The number of rotatable bonds is 1. The molecule has 0 saturated carbocycles. The van der Waals surface area contributed by atoms with Crippen molar-refractivity contribution in [2.24, 2.45) is 5.73 Å². The number of amides is 1. The molecule has 4 heteroatoms. The highest BCUT2D eigenvalue weighted by atomic mass is 19.1. The zero-order valence-electron chi connectivity index (χ0n) is 7.77. The second-order valence-corrected chi connectivity index (χ2v) is 3.45. The van der Waals surface area contributed by atoms with E-state index in [0.29, 0.717) is 5.69 Å². The van der Waals surface area contributed by atoms with Crippen LogP contribution >= 0.6 is 0 Å². The molecule has 1 aliphatic heterocycles. The van der Waals surface area contributed by atoms with Crippen LogP contribution in [-0.2, 0) is 4.79 Å². The van der Waals surface area contributed by atoms with Gasteiger partial charge in [0.25, 0.3) is 0 Å². The molecule has 1 aromatic rings. The van der Waals surface area contributed by atoms with Crippen LogP contribution in [0.15, 0.2) is 24.3 Å². The molecule has 0 bridgehead atoms. The molecule has 0 aliphatic carbocycles. The maximum absolute atomic E-state index is 12.6. The first-order valence-electron chi connectivity index (χ1n) is 4.45. The van der Waals surface area contributed by atoms with E-state index in [1.165, 1.54) is 12.1 Å². The van der Waals surface area contributed by atoms with Gasteiger partial charge in [0.05, 0.1) is 6.04 Å². The Labute approximate surface area is 81.3 Å². The Morgan fingerprint density at radius 1 is 1.36 bits per heavy atom. The summed E-state index contributed by atoms with van der Waals surface area (Å²) >= 11 is 0. The van der Waals surface area contributed by atoms with Crippen molar-refractivity contribution in [2.75, 3.05) is 4.90 Å². The van der Waals surface area contributed by atoms with Crippen LogP contribution in [0.1, 0.15) is 6.92 Å². The molecular weight excluding hydrogens is 183 g/mol. The van der Waals surface area contributed by atoms with Crippen LogP contribution < -0.4 is 10.6 Å². The second-order valence-electron chi connectivity index (χ2n) is 3.45. The zero-order valence-corrected chi connectivity index (χ0v) is 7.77. The van der Waals surface area contributed by atoms with Gasteiger partial charge in [0.1, 0.15) is 11.9 Å². The summed E-state index contributed by atoms with van der Waals surface area (Å²) in [6, 6.07) is 5.40. The summed E-state index contributed by atoms with van der Waals surface area (Å²) in [7, 11) is 0. The molecule has 3 nitrogen and oxygen atoms in total. The van der Waals surface area contributed by atoms with Crippen LogP contribution in [0.2, 0.25) is 0 Å². The molecule has 74 valence electrons. The quantitative estimate of drug-likeness (QED) is 0.675. The van der Waals surface area contributed by atoms with Gasteiger partial charge in [0.2, 0.25) is 5.91 Å². The third-order valence-electron chi connectivity index (χ3n) is 2.55. The molecule has 1 aliphatic rings. The largest absolute Gasteiger partial charge is 0.318 e. The number of nitrogens with zero attached hydrogens (tertiary/aromatic N) is 1. The SMILES string of the molecule is C[C@H]1[C@H](N)C(=O)N1c1ccc(F)cc1. The van der Waals surface area contributed by atoms with Crippen molar-refractivity contribution >= 4 is 11.6 Å². The maximum atomic E-state index is 12.6. The number of nitrogens with two attached hydrogens (primary N) is 1. The van der Waals surface area contributed by atoms with E-state index in [0.717, 1.165) is 0 Å². The molecule has 1 aromatic carbocycles. The summed E-state index contributed by atoms with van der Waals surface area (Å²) in [6.45, 7) is 1.87. The molecule has 0 spiro atoms. The molecule has 1 saturated heterocycles. The molecule has 1 heterocycles. The van der Waals surface area contributed by atoms with Crippen molar-refractivity contribution in [2.45, 2.75) is 19.0 Å². The molecule has 0 radical (unpaired) electrons. The van der Waals surface area contributed by atoms with Gasteiger partial charge in [-0.1, -0.05) is 0 Å². The number of hydrogen-bond donors (Lipinski definition) is 1. The molecule has 0 aromatic heterocycles. The standard InChI is InChI=1S/C10H11FN2O/c1-6-9(12)10(14)13(6)8-4-2-7(11)3-5-8/h2-6,9H,12H2,1H3/t6-,9-/m0/s1. The van der Waals surface area contributed by atoms with E-state index in [4.69, 9.17) is 5.73 Å². The van der Waals surface area contributed by atoms with Gasteiger partial charge >= 0.3 is 0 Å². The third-order valence-corrected chi connectivity index (χ3v) is 2.55. The fraction of sp³-hybridized carbons (Fsp3) is 0.300. The third kappa shape index (κ3) is 1.19. The van der Waals surface area contributed by atoms with E-state index in [1.807, 2.05) is 6.92 Å². The first-order chi connectivity index (χ1) is 6.61. The van der Waals surface area contributed by atoms with Crippen LogP contribution in [0, 0.1) is 5.82 Å². The van der Waals surface area contributed by atoms with E-state index < -0.39 is 6.04 Å². The molecule has 14 heavy (non-hydrogen) atoms. The summed E-state index contributed by atoms with van der Waals surface area (Å²) < 4.78 is 12.6. The van der Waals surface area contributed by atoms with E-state index in [1.54, 1.807) is 17.0 Å². The highest BCUT2D eigenvalue weighted by Crippen LogP contribution is 2.26. The number of halogens is 1. The zero-order chi connectivity index (χ0) is 10.3. The fourth-order valence-electron chi connectivity index (χ4n) is 1.61. The molecule has 1 amide bonds. The van der Waals surface area contributed by atoms with Gasteiger partial charge in [-0.25, -0.2) is 4.39 Å². The Bertz CT molecular complexity index is 363. The molecule has 0 unspecified atom stereocenters. The van der Waals surface area contributed by atoms with Gasteiger partial charge in [-0.3, -0.25) is 4.79 Å². The smallest absolute Gasteiger partial charge is 0.246 e. The summed E-state index contributed by atoms with van der Waals surface area (Å²) in [4.78, 5) is 12.9. The van der Waals surface area contributed by atoms with Gasteiger partial charge in [0.15, 0.2) is 0 Å². The van der Waals surface area contributed by atoms with E-state index >= 15 is 0 Å². The van der Waals surface area contributed by atoms with Gasteiger partial charge in [-0.05, 0) is 31.2 Å². The number of carbonyl (C=O) groups is 1. The Balaban J connectivity index is 2.25. The topological polar surface area (TPSA) is 46.3 Å². The normalized spacial score (nSPS) is 26.2.